The molecule has 0 aliphatic heterocycles. The van der Waals surface area contributed by atoms with Crippen molar-refractivity contribution in [3.8, 4) is 5.75 Å². The summed E-state index contributed by atoms with van der Waals surface area (Å²) in [4.78, 5) is 29.2. The van der Waals surface area contributed by atoms with Crippen molar-refractivity contribution in [2.75, 3.05) is 18.0 Å². The van der Waals surface area contributed by atoms with Crippen molar-refractivity contribution >= 4 is 27.5 Å². The smallest absolute Gasteiger partial charge is 0.264 e. The van der Waals surface area contributed by atoms with E-state index in [0.29, 0.717) is 12.2 Å². The van der Waals surface area contributed by atoms with Crippen LogP contribution in [0.1, 0.15) is 50.8 Å². The number of ether oxygens (including phenoxy) is 1. The quantitative estimate of drug-likeness (QED) is 0.336. The van der Waals surface area contributed by atoms with E-state index in [1.807, 2.05) is 71.9 Å². The van der Waals surface area contributed by atoms with Crippen LogP contribution in [-0.2, 0) is 26.2 Å². The summed E-state index contributed by atoms with van der Waals surface area (Å²) in [7, 11) is -2.73. The average Bonchev–Trinajstić information content (AvgIpc) is 2.91. The lowest BCUT2D eigenvalue weighted by Gasteiger charge is -2.35. The molecular weight excluding hydrogens is 538 g/mol. The second-order valence-corrected chi connectivity index (χ2v) is 13.0. The van der Waals surface area contributed by atoms with Crippen LogP contribution < -0.4 is 14.4 Å². The summed E-state index contributed by atoms with van der Waals surface area (Å²) in [5.41, 5.74) is 2.38. The number of nitrogens with one attached hydrogen (secondary N) is 1. The highest BCUT2D eigenvalue weighted by Gasteiger charge is 2.35. The van der Waals surface area contributed by atoms with Crippen LogP contribution in [0.4, 0.5) is 5.69 Å². The minimum atomic E-state index is -4.19. The van der Waals surface area contributed by atoms with Crippen LogP contribution in [0.15, 0.2) is 77.7 Å². The third kappa shape index (κ3) is 8.10. The molecule has 3 aromatic carbocycles. The number of aryl methyl sites for hydroxylation is 2. The van der Waals surface area contributed by atoms with Gasteiger partial charge in [-0.05, 0) is 76.4 Å². The Balaban J connectivity index is 2.13. The summed E-state index contributed by atoms with van der Waals surface area (Å²) in [6.07, 6.45) is 0.346. The second-order valence-electron chi connectivity index (χ2n) is 11.2. The van der Waals surface area contributed by atoms with Gasteiger partial charge in [0.25, 0.3) is 10.0 Å². The highest BCUT2D eigenvalue weighted by Crippen LogP contribution is 2.33. The van der Waals surface area contributed by atoms with E-state index >= 15 is 0 Å². The molecule has 0 saturated heterocycles. The molecule has 1 N–H and O–H groups in total. The standard InChI is InChI=1S/C32H41N3O5S/c1-8-27(31(37)33-32(4,5)6)34(21-25-14-12-13-23(2)19-25)30(36)22-35(28-20-24(3)17-18-29(28)40-7)41(38,39)26-15-10-9-11-16-26/h9-20,27H,8,21-22H2,1-7H3,(H,33,37)/t27-/m0/s1. The lowest BCUT2D eigenvalue weighted by atomic mass is 10.0. The molecule has 0 radical (unpaired) electrons. The van der Waals surface area contributed by atoms with Crippen molar-refractivity contribution in [3.05, 3.63) is 89.5 Å². The maximum atomic E-state index is 14.2. The normalized spacial score (nSPS) is 12.4. The van der Waals surface area contributed by atoms with Gasteiger partial charge in [-0.3, -0.25) is 13.9 Å². The molecular formula is C32H41N3O5S. The van der Waals surface area contributed by atoms with Gasteiger partial charge < -0.3 is 15.0 Å². The first-order valence-electron chi connectivity index (χ1n) is 13.7. The van der Waals surface area contributed by atoms with Gasteiger partial charge in [0.15, 0.2) is 0 Å². The Hall–Kier alpha value is -3.85. The van der Waals surface area contributed by atoms with Crippen molar-refractivity contribution in [3.63, 3.8) is 0 Å². The summed E-state index contributed by atoms with van der Waals surface area (Å²) in [6, 6.07) is 20.0. The summed E-state index contributed by atoms with van der Waals surface area (Å²) in [5, 5.41) is 2.98. The molecule has 0 fully saturated rings. The number of rotatable bonds is 11. The number of hydrogen-bond acceptors (Lipinski definition) is 5. The zero-order chi connectivity index (χ0) is 30.4. The number of carbonyl (C=O) groups excluding carboxylic acids is 2. The Morgan fingerprint density at radius 2 is 1.59 bits per heavy atom. The van der Waals surface area contributed by atoms with Crippen LogP contribution in [0.3, 0.4) is 0 Å². The van der Waals surface area contributed by atoms with Gasteiger partial charge >= 0.3 is 0 Å². The van der Waals surface area contributed by atoms with Crippen LogP contribution in [0.25, 0.3) is 0 Å². The minimum Gasteiger partial charge on any atom is -0.495 e. The summed E-state index contributed by atoms with van der Waals surface area (Å²) < 4.78 is 34.7. The van der Waals surface area contributed by atoms with Crippen molar-refractivity contribution in [2.45, 2.75) is 71.0 Å². The Bertz CT molecular complexity index is 1470. The van der Waals surface area contributed by atoms with E-state index in [1.165, 1.54) is 24.1 Å². The predicted octanol–water partition coefficient (Wildman–Crippen LogP) is 5.23. The molecule has 1 atom stereocenters. The summed E-state index contributed by atoms with van der Waals surface area (Å²) in [6.45, 7) is 10.9. The predicted molar refractivity (Wildman–Crippen MR) is 162 cm³/mol. The van der Waals surface area contributed by atoms with Crippen molar-refractivity contribution < 1.29 is 22.7 Å². The summed E-state index contributed by atoms with van der Waals surface area (Å²) >= 11 is 0. The fraction of sp³-hybridized carbons (Fsp3) is 0.375. The lowest BCUT2D eigenvalue weighted by Crippen LogP contribution is -2.55. The van der Waals surface area contributed by atoms with Gasteiger partial charge in [-0.25, -0.2) is 8.42 Å². The number of methoxy groups -OCH3 is 1. The van der Waals surface area contributed by atoms with E-state index in [-0.39, 0.29) is 23.0 Å². The monoisotopic (exact) mass is 579 g/mol. The Morgan fingerprint density at radius 3 is 2.17 bits per heavy atom. The fourth-order valence-corrected chi connectivity index (χ4v) is 6.05. The molecule has 0 aromatic heterocycles. The molecule has 3 aromatic rings. The highest BCUT2D eigenvalue weighted by molar-refractivity contribution is 7.92. The van der Waals surface area contributed by atoms with Crippen LogP contribution in [-0.4, -0.2) is 50.4 Å². The van der Waals surface area contributed by atoms with E-state index in [4.69, 9.17) is 4.74 Å². The number of benzene rings is 3. The maximum absolute atomic E-state index is 14.2. The first-order chi connectivity index (χ1) is 19.3. The third-order valence-corrected chi connectivity index (χ3v) is 8.31. The SMILES string of the molecule is CC[C@@H](C(=O)NC(C)(C)C)N(Cc1cccc(C)c1)C(=O)CN(c1cc(C)ccc1OC)S(=O)(=O)c1ccccc1. The number of anilines is 1. The average molecular weight is 580 g/mol. The van der Waals surface area contributed by atoms with Crippen LogP contribution in [0.5, 0.6) is 5.75 Å². The zero-order valence-corrected chi connectivity index (χ0v) is 25.8. The molecule has 0 spiro atoms. The first-order valence-corrected chi connectivity index (χ1v) is 15.1. The zero-order valence-electron chi connectivity index (χ0n) is 25.0. The van der Waals surface area contributed by atoms with Crippen molar-refractivity contribution in [1.29, 1.82) is 0 Å². The number of hydrogen-bond donors (Lipinski definition) is 1. The Morgan fingerprint density at radius 1 is 0.927 bits per heavy atom. The minimum absolute atomic E-state index is 0.0408. The van der Waals surface area contributed by atoms with Crippen LogP contribution in [0, 0.1) is 13.8 Å². The molecule has 0 heterocycles. The molecule has 0 saturated carbocycles. The van der Waals surface area contributed by atoms with Gasteiger partial charge in [-0.15, -0.1) is 0 Å². The van der Waals surface area contributed by atoms with Gasteiger partial charge in [0, 0.05) is 12.1 Å². The van der Waals surface area contributed by atoms with Gasteiger partial charge in [0.1, 0.15) is 18.3 Å². The molecule has 220 valence electrons. The molecule has 0 unspecified atom stereocenters. The third-order valence-electron chi connectivity index (χ3n) is 6.53. The molecule has 0 bridgehead atoms. The molecule has 9 heteroatoms. The molecule has 2 amide bonds. The number of sulfonamides is 1. The number of amides is 2. The van der Waals surface area contributed by atoms with Crippen molar-refractivity contribution in [2.24, 2.45) is 0 Å². The van der Waals surface area contributed by atoms with E-state index in [1.54, 1.807) is 30.3 Å². The second kappa shape index (κ2) is 13.2. The molecule has 3 rings (SSSR count). The Kier molecular flexibility index (Phi) is 10.2. The van der Waals surface area contributed by atoms with E-state index in [2.05, 4.69) is 5.32 Å². The highest BCUT2D eigenvalue weighted by atomic mass is 32.2. The fourth-order valence-electron chi connectivity index (χ4n) is 4.61. The van der Waals surface area contributed by atoms with Crippen LogP contribution >= 0.6 is 0 Å². The van der Waals surface area contributed by atoms with E-state index in [9.17, 15) is 18.0 Å². The van der Waals surface area contributed by atoms with Gasteiger partial charge in [-0.1, -0.05) is 61.0 Å². The molecule has 0 aliphatic carbocycles. The van der Waals surface area contributed by atoms with E-state index in [0.717, 1.165) is 21.0 Å². The molecule has 0 aliphatic rings. The summed E-state index contributed by atoms with van der Waals surface area (Å²) in [5.74, 6) is -0.497. The largest absolute Gasteiger partial charge is 0.495 e. The molecule has 41 heavy (non-hydrogen) atoms. The molecule has 8 nitrogen and oxygen atoms in total. The lowest BCUT2D eigenvalue weighted by molar-refractivity contribution is -0.141. The first kappa shape index (κ1) is 31.7. The van der Waals surface area contributed by atoms with E-state index < -0.39 is 34.1 Å². The van der Waals surface area contributed by atoms with Gasteiger partial charge in [0.2, 0.25) is 11.8 Å². The Labute approximate surface area is 244 Å². The van der Waals surface area contributed by atoms with Crippen molar-refractivity contribution in [1.82, 2.24) is 10.2 Å². The number of nitrogens with zero attached hydrogens (tertiary/aromatic N) is 2. The number of carbonyl (C=O) groups is 2. The maximum Gasteiger partial charge on any atom is 0.264 e. The topological polar surface area (TPSA) is 96.0 Å². The van der Waals surface area contributed by atoms with Gasteiger partial charge in [0.05, 0.1) is 17.7 Å². The van der Waals surface area contributed by atoms with Crippen LogP contribution in [0.2, 0.25) is 0 Å². The van der Waals surface area contributed by atoms with Gasteiger partial charge in [-0.2, -0.15) is 0 Å².